The summed E-state index contributed by atoms with van der Waals surface area (Å²) in [5, 5.41) is 2.77. The van der Waals surface area contributed by atoms with Crippen LogP contribution in [0, 0.1) is 19.7 Å². The normalized spacial score (nSPS) is 12.0. The van der Waals surface area contributed by atoms with E-state index >= 15 is 0 Å². The van der Waals surface area contributed by atoms with Gasteiger partial charge >= 0.3 is 0 Å². The van der Waals surface area contributed by atoms with Gasteiger partial charge in [0.15, 0.2) is 11.5 Å². The van der Waals surface area contributed by atoms with E-state index in [1.807, 2.05) is 37.9 Å². The second-order valence-electron chi connectivity index (χ2n) is 6.68. The molecule has 0 bridgehead atoms. The number of rotatable bonds is 7. The van der Waals surface area contributed by atoms with Gasteiger partial charge in [-0.05, 0) is 68.8 Å². The number of halogens is 1. The Morgan fingerprint density at radius 3 is 2.33 bits per heavy atom. The minimum atomic E-state index is -0.401. The SMILES string of the molecule is COc1cc(C)c(CN(C)[C@H](C)C(=O)Nc2ccc(C)c(F)c2)cc1OC. The molecule has 6 heteroatoms. The van der Waals surface area contributed by atoms with Crippen molar-refractivity contribution in [2.75, 3.05) is 26.6 Å². The quantitative estimate of drug-likeness (QED) is 0.798. The van der Waals surface area contributed by atoms with Crippen molar-refractivity contribution in [1.82, 2.24) is 4.90 Å². The van der Waals surface area contributed by atoms with E-state index in [4.69, 9.17) is 9.47 Å². The number of nitrogens with zero attached hydrogens (tertiary/aromatic N) is 1. The minimum absolute atomic E-state index is 0.195. The first-order valence-electron chi connectivity index (χ1n) is 8.75. The van der Waals surface area contributed by atoms with Crippen LogP contribution in [0.15, 0.2) is 30.3 Å². The predicted octanol–water partition coefficient (Wildman–Crippen LogP) is 3.92. The fourth-order valence-corrected chi connectivity index (χ4v) is 2.72. The van der Waals surface area contributed by atoms with Gasteiger partial charge in [0, 0.05) is 12.2 Å². The van der Waals surface area contributed by atoms with Gasteiger partial charge in [-0.25, -0.2) is 4.39 Å². The smallest absolute Gasteiger partial charge is 0.241 e. The first-order chi connectivity index (χ1) is 12.8. The van der Waals surface area contributed by atoms with Gasteiger partial charge in [-0.1, -0.05) is 6.07 Å². The Morgan fingerprint density at radius 1 is 1.11 bits per heavy atom. The highest BCUT2D eigenvalue weighted by molar-refractivity contribution is 5.94. The van der Waals surface area contributed by atoms with Crippen LogP contribution in [0.25, 0.3) is 0 Å². The molecule has 2 aromatic rings. The molecule has 0 heterocycles. The highest BCUT2D eigenvalue weighted by atomic mass is 19.1. The molecule has 0 aliphatic rings. The molecule has 0 aliphatic carbocycles. The topological polar surface area (TPSA) is 50.8 Å². The van der Waals surface area contributed by atoms with Gasteiger partial charge in [0.25, 0.3) is 0 Å². The van der Waals surface area contributed by atoms with Crippen molar-refractivity contribution in [3.8, 4) is 11.5 Å². The molecule has 1 atom stereocenters. The number of amides is 1. The van der Waals surface area contributed by atoms with Gasteiger partial charge in [0.1, 0.15) is 5.82 Å². The fraction of sp³-hybridized carbons (Fsp3) is 0.381. The van der Waals surface area contributed by atoms with E-state index in [2.05, 4.69) is 5.32 Å². The van der Waals surface area contributed by atoms with E-state index in [1.165, 1.54) is 6.07 Å². The van der Waals surface area contributed by atoms with Crippen molar-refractivity contribution in [3.05, 3.63) is 52.8 Å². The van der Waals surface area contributed by atoms with E-state index < -0.39 is 6.04 Å². The Kier molecular flexibility index (Phi) is 6.80. The number of hydrogen-bond acceptors (Lipinski definition) is 4. The van der Waals surface area contributed by atoms with E-state index in [-0.39, 0.29) is 11.7 Å². The van der Waals surface area contributed by atoms with Gasteiger partial charge in [-0.2, -0.15) is 0 Å². The Hall–Kier alpha value is -2.60. The molecule has 5 nitrogen and oxygen atoms in total. The third kappa shape index (κ3) is 4.98. The predicted molar refractivity (Wildman–Crippen MR) is 105 cm³/mol. The largest absolute Gasteiger partial charge is 0.493 e. The van der Waals surface area contributed by atoms with Crippen molar-refractivity contribution in [2.45, 2.75) is 33.4 Å². The summed E-state index contributed by atoms with van der Waals surface area (Å²) in [6.07, 6.45) is 0. The molecule has 2 aromatic carbocycles. The van der Waals surface area contributed by atoms with Crippen LogP contribution in [0.5, 0.6) is 11.5 Å². The number of aryl methyl sites for hydroxylation is 2. The summed E-state index contributed by atoms with van der Waals surface area (Å²) in [6.45, 7) is 6.05. The molecule has 0 aromatic heterocycles. The van der Waals surface area contributed by atoms with E-state index in [0.29, 0.717) is 29.3 Å². The zero-order valence-corrected chi connectivity index (χ0v) is 16.7. The molecule has 0 spiro atoms. The summed E-state index contributed by atoms with van der Waals surface area (Å²) in [5.41, 5.74) is 3.08. The summed E-state index contributed by atoms with van der Waals surface area (Å²) in [4.78, 5) is 14.5. The molecule has 0 fully saturated rings. The summed E-state index contributed by atoms with van der Waals surface area (Å²) < 4.78 is 24.3. The Bertz CT molecular complexity index is 823. The molecule has 1 N–H and O–H groups in total. The van der Waals surface area contributed by atoms with Crippen molar-refractivity contribution >= 4 is 11.6 Å². The monoisotopic (exact) mass is 374 g/mol. The highest BCUT2D eigenvalue weighted by Crippen LogP contribution is 2.31. The van der Waals surface area contributed by atoms with Gasteiger partial charge in [0.05, 0.1) is 20.3 Å². The molecule has 0 saturated heterocycles. The fourth-order valence-electron chi connectivity index (χ4n) is 2.72. The lowest BCUT2D eigenvalue weighted by atomic mass is 10.1. The molecule has 1 amide bonds. The lowest BCUT2D eigenvalue weighted by molar-refractivity contribution is -0.120. The average molecular weight is 374 g/mol. The van der Waals surface area contributed by atoms with E-state index in [1.54, 1.807) is 33.3 Å². The average Bonchev–Trinajstić information content (AvgIpc) is 2.65. The number of nitrogens with one attached hydrogen (secondary N) is 1. The standard InChI is InChI=1S/C21H27FN2O3/c1-13-7-8-17(11-18(13)22)23-21(25)15(3)24(4)12-16-10-20(27-6)19(26-5)9-14(16)2/h7-11,15H,12H2,1-6H3,(H,23,25)/t15-/m1/s1. The van der Waals surface area contributed by atoms with Crippen LogP contribution in [0.1, 0.15) is 23.6 Å². The first kappa shape index (κ1) is 20.7. The molecular weight excluding hydrogens is 347 g/mol. The van der Waals surface area contributed by atoms with Gasteiger partial charge in [0.2, 0.25) is 5.91 Å². The number of hydrogen-bond donors (Lipinski definition) is 1. The van der Waals surface area contributed by atoms with E-state index in [0.717, 1.165) is 11.1 Å². The van der Waals surface area contributed by atoms with Crippen LogP contribution < -0.4 is 14.8 Å². The summed E-state index contributed by atoms with van der Waals surface area (Å²) >= 11 is 0. The van der Waals surface area contributed by atoms with Gasteiger partial charge in [-0.15, -0.1) is 0 Å². The molecular formula is C21H27FN2O3. The zero-order chi connectivity index (χ0) is 20.1. The number of methoxy groups -OCH3 is 2. The number of carbonyl (C=O) groups is 1. The molecule has 2 rings (SSSR count). The van der Waals surface area contributed by atoms with Crippen molar-refractivity contribution in [2.24, 2.45) is 0 Å². The summed E-state index contributed by atoms with van der Waals surface area (Å²) in [5.74, 6) is 0.793. The highest BCUT2D eigenvalue weighted by Gasteiger charge is 2.20. The molecule has 0 saturated carbocycles. The Balaban J connectivity index is 2.09. The number of benzene rings is 2. The lowest BCUT2D eigenvalue weighted by Crippen LogP contribution is -2.39. The maximum atomic E-state index is 13.7. The molecule has 146 valence electrons. The van der Waals surface area contributed by atoms with Gasteiger partial charge in [-0.3, -0.25) is 9.69 Å². The van der Waals surface area contributed by atoms with Crippen molar-refractivity contribution < 1.29 is 18.7 Å². The van der Waals surface area contributed by atoms with Crippen LogP contribution in [0.3, 0.4) is 0 Å². The molecule has 0 aliphatic heterocycles. The third-order valence-electron chi connectivity index (χ3n) is 4.74. The second-order valence-corrected chi connectivity index (χ2v) is 6.68. The van der Waals surface area contributed by atoms with E-state index in [9.17, 15) is 9.18 Å². The molecule has 0 radical (unpaired) electrons. The van der Waals surface area contributed by atoms with Crippen molar-refractivity contribution in [3.63, 3.8) is 0 Å². The summed E-state index contributed by atoms with van der Waals surface area (Å²) in [7, 11) is 5.07. The number of carbonyl (C=O) groups excluding carboxylic acids is 1. The third-order valence-corrected chi connectivity index (χ3v) is 4.74. The van der Waals surface area contributed by atoms with Crippen molar-refractivity contribution in [1.29, 1.82) is 0 Å². The maximum absolute atomic E-state index is 13.7. The van der Waals surface area contributed by atoms with Gasteiger partial charge < -0.3 is 14.8 Å². The maximum Gasteiger partial charge on any atom is 0.241 e. The molecule has 27 heavy (non-hydrogen) atoms. The van der Waals surface area contributed by atoms with Crippen LogP contribution in [-0.2, 0) is 11.3 Å². The zero-order valence-electron chi connectivity index (χ0n) is 16.7. The van der Waals surface area contributed by atoms with Crippen LogP contribution in [0.4, 0.5) is 10.1 Å². The lowest BCUT2D eigenvalue weighted by Gasteiger charge is -2.25. The number of anilines is 1. The summed E-state index contributed by atoms with van der Waals surface area (Å²) in [6, 6.07) is 8.11. The minimum Gasteiger partial charge on any atom is -0.493 e. The molecule has 0 unspecified atom stereocenters. The Morgan fingerprint density at radius 2 is 1.74 bits per heavy atom. The van der Waals surface area contributed by atoms with Crippen LogP contribution in [-0.4, -0.2) is 38.1 Å². The first-order valence-corrected chi connectivity index (χ1v) is 8.75. The second kappa shape index (κ2) is 8.86. The number of likely N-dealkylation sites (N-methyl/N-ethyl adjacent to an activating group) is 1. The van der Waals surface area contributed by atoms with Crippen LogP contribution >= 0.6 is 0 Å². The van der Waals surface area contributed by atoms with Crippen LogP contribution in [0.2, 0.25) is 0 Å². The Labute approximate surface area is 160 Å². The number of ether oxygens (including phenoxy) is 2.